The van der Waals surface area contributed by atoms with Gasteiger partial charge < -0.3 is 15.2 Å². The fourth-order valence-electron chi connectivity index (χ4n) is 0.527. The molecule has 0 aromatic rings. The van der Waals surface area contributed by atoms with Crippen molar-refractivity contribution in [2.24, 2.45) is 0 Å². The third-order valence-corrected chi connectivity index (χ3v) is 1.10. The molecule has 0 rings (SSSR count). The molecule has 0 spiro atoms. The third-order valence-electron chi connectivity index (χ3n) is 1.10. The predicted octanol–water partition coefficient (Wildman–Crippen LogP) is -0.870. The molecule has 0 aromatic carbocycles. The van der Waals surface area contributed by atoms with Crippen molar-refractivity contribution in [3.05, 3.63) is 0 Å². The normalized spacial score (nSPS) is 12.7. The number of aliphatic hydroxyl groups is 1. The van der Waals surface area contributed by atoms with Crippen LogP contribution in [0.4, 0.5) is 0 Å². The molecule has 0 saturated carbocycles. The summed E-state index contributed by atoms with van der Waals surface area (Å²) in [5, 5.41) is 11.2. The van der Waals surface area contributed by atoms with E-state index in [1.54, 1.807) is 14.0 Å². The highest BCUT2D eigenvalue weighted by Gasteiger charge is 2.14. The Morgan fingerprint density at radius 1 is 1.80 bits per heavy atom. The van der Waals surface area contributed by atoms with Gasteiger partial charge in [-0.1, -0.05) is 0 Å². The minimum absolute atomic E-state index is 0.227. The molecule has 1 atom stereocenters. The van der Waals surface area contributed by atoms with E-state index in [0.717, 1.165) is 0 Å². The van der Waals surface area contributed by atoms with Crippen molar-refractivity contribution in [3.8, 4) is 0 Å². The standard InChI is InChI=1S/C6H13NO3/c1-3-10-6(9)5(4-8)7-2/h5,7-8H,3-4H2,1-2H3/t5-/m0/s1. The maximum atomic E-state index is 10.8. The Morgan fingerprint density at radius 2 is 2.40 bits per heavy atom. The minimum atomic E-state index is -0.583. The zero-order valence-corrected chi connectivity index (χ0v) is 6.26. The molecule has 10 heavy (non-hydrogen) atoms. The number of likely N-dealkylation sites (N-methyl/N-ethyl adjacent to an activating group) is 1. The van der Waals surface area contributed by atoms with Crippen molar-refractivity contribution >= 4 is 5.97 Å². The molecule has 0 aliphatic rings. The Kier molecular flexibility index (Phi) is 4.88. The number of nitrogens with one attached hydrogen (secondary N) is 1. The number of carbonyl (C=O) groups excluding carboxylic acids is 1. The molecule has 0 saturated heterocycles. The molecular weight excluding hydrogens is 134 g/mol. The first kappa shape index (κ1) is 9.39. The summed E-state index contributed by atoms with van der Waals surface area (Å²) in [6.45, 7) is 1.84. The number of rotatable bonds is 4. The molecule has 0 aliphatic carbocycles. The minimum Gasteiger partial charge on any atom is -0.465 e. The zero-order chi connectivity index (χ0) is 7.98. The second kappa shape index (κ2) is 5.20. The van der Waals surface area contributed by atoms with E-state index in [1.807, 2.05) is 0 Å². The molecule has 0 heterocycles. The summed E-state index contributed by atoms with van der Waals surface area (Å²) in [5.74, 6) is -0.410. The molecule has 60 valence electrons. The van der Waals surface area contributed by atoms with E-state index in [4.69, 9.17) is 5.11 Å². The van der Waals surface area contributed by atoms with E-state index in [-0.39, 0.29) is 6.61 Å². The Morgan fingerprint density at radius 3 is 2.70 bits per heavy atom. The van der Waals surface area contributed by atoms with E-state index >= 15 is 0 Å². The van der Waals surface area contributed by atoms with Gasteiger partial charge in [-0.15, -0.1) is 0 Å². The summed E-state index contributed by atoms with van der Waals surface area (Å²) < 4.78 is 4.62. The van der Waals surface area contributed by atoms with Crippen molar-refractivity contribution in [2.45, 2.75) is 13.0 Å². The number of aliphatic hydroxyl groups excluding tert-OH is 1. The van der Waals surface area contributed by atoms with Gasteiger partial charge in [-0.2, -0.15) is 0 Å². The van der Waals surface area contributed by atoms with Gasteiger partial charge in [0.2, 0.25) is 0 Å². The van der Waals surface area contributed by atoms with Crippen LogP contribution in [-0.2, 0) is 9.53 Å². The predicted molar refractivity (Wildman–Crippen MR) is 36.6 cm³/mol. The van der Waals surface area contributed by atoms with Crippen LogP contribution < -0.4 is 5.32 Å². The molecule has 0 unspecified atom stereocenters. The zero-order valence-electron chi connectivity index (χ0n) is 6.26. The Hall–Kier alpha value is -0.610. The van der Waals surface area contributed by atoms with E-state index in [1.165, 1.54) is 0 Å². The molecule has 0 aromatic heterocycles. The summed E-state index contributed by atoms with van der Waals surface area (Å²) in [6, 6.07) is -0.583. The number of carbonyl (C=O) groups is 1. The molecule has 4 nitrogen and oxygen atoms in total. The lowest BCUT2D eigenvalue weighted by Crippen LogP contribution is -2.38. The molecule has 2 N–H and O–H groups in total. The molecule has 0 radical (unpaired) electrons. The lowest BCUT2D eigenvalue weighted by atomic mass is 10.3. The van der Waals surface area contributed by atoms with Crippen molar-refractivity contribution in [3.63, 3.8) is 0 Å². The van der Waals surface area contributed by atoms with Crippen LogP contribution in [-0.4, -0.2) is 37.4 Å². The van der Waals surface area contributed by atoms with Crippen LogP contribution in [0.15, 0.2) is 0 Å². The van der Waals surface area contributed by atoms with E-state index in [2.05, 4.69) is 10.1 Å². The highest BCUT2D eigenvalue weighted by Crippen LogP contribution is 1.85. The SMILES string of the molecule is CCOC(=O)[C@H](CO)NC. The highest BCUT2D eigenvalue weighted by atomic mass is 16.5. The van der Waals surface area contributed by atoms with E-state index in [0.29, 0.717) is 6.61 Å². The van der Waals surface area contributed by atoms with Crippen molar-refractivity contribution in [1.29, 1.82) is 0 Å². The number of hydrogen-bond donors (Lipinski definition) is 2. The molecule has 0 fully saturated rings. The fraction of sp³-hybridized carbons (Fsp3) is 0.833. The van der Waals surface area contributed by atoms with Gasteiger partial charge >= 0.3 is 5.97 Å². The van der Waals surface area contributed by atoms with Gasteiger partial charge in [-0.25, -0.2) is 0 Å². The lowest BCUT2D eigenvalue weighted by Gasteiger charge is -2.10. The van der Waals surface area contributed by atoms with Crippen LogP contribution in [0.5, 0.6) is 0 Å². The van der Waals surface area contributed by atoms with Crippen LogP contribution in [0.2, 0.25) is 0 Å². The molecule has 0 aliphatic heterocycles. The first-order valence-corrected chi connectivity index (χ1v) is 3.21. The summed E-state index contributed by atoms with van der Waals surface area (Å²) in [7, 11) is 1.60. The molecular formula is C6H13NO3. The van der Waals surface area contributed by atoms with Gasteiger partial charge in [0.15, 0.2) is 0 Å². The monoisotopic (exact) mass is 147 g/mol. The van der Waals surface area contributed by atoms with Crippen LogP contribution in [0.1, 0.15) is 6.92 Å². The Balaban J connectivity index is 3.65. The number of ether oxygens (including phenoxy) is 1. The number of esters is 1. The quantitative estimate of drug-likeness (QED) is 0.507. The molecule has 0 bridgehead atoms. The lowest BCUT2D eigenvalue weighted by molar-refractivity contribution is -0.146. The van der Waals surface area contributed by atoms with E-state index in [9.17, 15) is 4.79 Å². The van der Waals surface area contributed by atoms with Crippen molar-refractivity contribution in [1.82, 2.24) is 5.32 Å². The van der Waals surface area contributed by atoms with Crippen LogP contribution >= 0.6 is 0 Å². The van der Waals surface area contributed by atoms with Crippen molar-refractivity contribution < 1.29 is 14.6 Å². The van der Waals surface area contributed by atoms with Gasteiger partial charge in [-0.05, 0) is 14.0 Å². The topological polar surface area (TPSA) is 58.6 Å². The van der Waals surface area contributed by atoms with Crippen molar-refractivity contribution in [2.75, 3.05) is 20.3 Å². The van der Waals surface area contributed by atoms with Crippen LogP contribution in [0.25, 0.3) is 0 Å². The first-order valence-electron chi connectivity index (χ1n) is 3.21. The summed E-state index contributed by atoms with van der Waals surface area (Å²) in [6.07, 6.45) is 0. The molecule has 4 heteroatoms. The largest absolute Gasteiger partial charge is 0.465 e. The summed E-state index contributed by atoms with van der Waals surface area (Å²) in [4.78, 5) is 10.8. The third kappa shape index (κ3) is 2.80. The highest BCUT2D eigenvalue weighted by molar-refractivity contribution is 5.75. The second-order valence-corrected chi connectivity index (χ2v) is 1.78. The Labute approximate surface area is 60.2 Å². The van der Waals surface area contributed by atoms with Gasteiger partial charge in [-0.3, -0.25) is 4.79 Å². The average molecular weight is 147 g/mol. The van der Waals surface area contributed by atoms with Gasteiger partial charge in [0, 0.05) is 0 Å². The van der Waals surface area contributed by atoms with Crippen LogP contribution in [0, 0.1) is 0 Å². The fourth-order valence-corrected chi connectivity index (χ4v) is 0.527. The van der Waals surface area contributed by atoms with Gasteiger partial charge in [0.1, 0.15) is 6.04 Å². The average Bonchev–Trinajstić information content (AvgIpc) is 1.91. The number of hydrogen-bond acceptors (Lipinski definition) is 4. The molecule has 0 amide bonds. The summed E-state index contributed by atoms with van der Waals surface area (Å²) >= 11 is 0. The maximum absolute atomic E-state index is 10.8. The Bertz CT molecular complexity index is 101. The summed E-state index contributed by atoms with van der Waals surface area (Å²) in [5.41, 5.74) is 0. The first-order chi connectivity index (χ1) is 4.76. The smallest absolute Gasteiger partial charge is 0.325 e. The second-order valence-electron chi connectivity index (χ2n) is 1.78. The van der Waals surface area contributed by atoms with E-state index < -0.39 is 12.0 Å². The van der Waals surface area contributed by atoms with Gasteiger partial charge in [0.25, 0.3) is 0 Å². The maximum Gasteiger partial charge on any atom is 0.325 e. The van der Waals surface area contributed by atoms with Crippen LogP contribution in [0.3, 0.4) is 0 Å². The van der Waals surface area contributed by atoms with Gasteiger partial charge in [0.05, 0.1) is 13.2 Å².